The number of benzene rings is 3. The molecule has 0 atom stereocenters. The largest absolute Gasteiger partial charge is 0.219 e. The fourth-order valence-electron chi connectivity index (χ4n) is 2.94. The van der Waals surface area contributed by atoms with E-state index in [-0.39, 0.29) is 0 Å². The first-order valence-electron chi connectivity index (χ1n) is 7.32. The molecule has 0 N–H and O–H groups in total. The minimum absolute atomic E-state index is 1.24. The molecule has 0 nitrogen and oxygen atoms in total. The van der Waals surface area contributed by atoms with Crippen LogP contribution in [0.25, 0.3) is 10.6 Å². The second kappa shape index (κ2) is 5.39. The summed E-state index contributed by atoms with van der Waals surface area (Å²) in [4.78, 5) is 0. The molecule has 3 aromatic carbocycles. The van der Waals surface area contributed by atoms with Crippen LogP contribution >= 0.6 is 17.9 Å². The predicted molar refractivity (Wildman–Crippen MR) is 98.5 cm³/mol. The molecule has 0 radical (unpaired) electrons. The summed E-state index contributed by atoms with van der Waals surface area (Å²) < 4.78 is 0. The van der Waals surface area contributed by atoms with Gasteiger partial charge in [0, 0.05) is 11.1 Å². The molecule has 0 spiro atoms. The maximum absolute atomic E-state index is 7.21. The molecule has 0 bridgehead atoms. The van der Waals surface area contributed by atoms with Gasteiger partial charge in [0.2, 0.25) is 6.62 Å². The molecule has 0 aliphatic carbocycles. The highest BCUT2D eigenvalue weighted by Crippen LogP contribution is 2.95. The van der Waals surface area contributed by atoms with Gasteiger partial charge in [0.05, 0.1) is 0 Å². The second-order valence-corrected chi connectivity index (χ2v) is 9.46. The van der Waals surface area contributed by atoms with Crippen molar-refractivity contribution in [3.8, 4) is 0 Å². The minimum atomic E-state index is -1.88. The molecule has 0 saturated heterocycles. The summed E-state index contributed by atoms with van der Waals surface area (Å²) in [6.45, 7) is -1.88. The number of rotatable bonds is 3. The molecule has 3 aromatic rings. The summed E-state index contributed by atoms with van der Waals surface area (Å²) in [5, 5.41) is 3.90. The Kier molecular flexibility index (Phi) is 3.37. The van der Waals surface area contributed by atoms with Crippen LogP contribution in [0.3, 0.4) is 0 Å². The predicted octanol–water partition coefficient (Wildman–Crippen LogP) is 6.02. The van der Waals surface area contributed by atoms with Crippen molar-refractivity contribution in [3.63, 3.8) is 0 Å². The third-order valence-corrected chi connectivity index (χ3v) is 8.58. The van der Waals surface area contributed by atoms with Gasteiger partial charge in [0.1, 0.15) is 16.5 Å². The maximum Gasteiger partial charge on any atom is 0.219 e. The topological polar surface area (TPSA) is 0 Å². The Balaban J connectivity index is 1.88. The minimum Gasteiger partial charge on any atom is -0.0622 e. The average molecular weight is 322 g/mol. The second-order valence-electron chi connectivity index (χ2n) is 5.35. The Bertz CT molecular complexity index is 774. The van der Waals surface area contributed by atoms with Gasteiger partial charge in [0.25, 0.3) is 0 Å². The van der Waals surface area contributed by atoms with Gasteiger partial charge in [0.15, 0.2) is 10.6 Å². The van der Waals surface area contributed by atoms with Crippen LogP contribution in [-0.4, -0.2) is 0 Å². The van der Waals surface area contributed by atoms with E-state index in [0.29, 0.717) is 0 Å². The number of hydrogen-bond donors (Lipinski definition) is 0. The lowest BCUT2D eigenvalue weighted by Crippen LogP contribution is -1.98. The Morgan fingerprint density at radius 3 is 1.27 bits per heavy atom. The summed E-state index contributed by atoms with van der Waals surface area (Å²) in [5.41, 5.74) is 2.49. The summed E-state index contributed by atoms with van der Waals surface area (Å²) in [7, 11) is 0. The Morgan fingerprint density at radius 2 is 0.864 bits per heavy atom. The van der Waals surface area contributed by atoms with Gasteiger partial charge in [-0.15, -0.1) is 0 Å². The van der Waals surface area contributed by atoms with E-state index in [0.717, 1.165) is 0 Å². The normalized spacial score (nSPS) is 15.7. The Labute approximate surface area is 136 Å². The van der Waals surface area contributed by atoms with Gasteiger partial charge < -0.3 is 0 Å². The fourth-order valence-corrected chi connectivity index (χ4v) is 7.54. The van der Waals surface area contributed by atoms with Crippen LogP contribution in [0.5, 0.6) is 0 Å². The van der Waals surface area contributed by atoms with Crippen LogP contribution in [0.2, 0.25) is 0 Å². The zero-order valence-corrected chi connectivity index (χ0v) is 13.6. The Hall–Kier alpha value is -1.88. The van der Waals surface area contributed by atoms with E-state index in [4.69, 9.17) is 11.2 Å². The van der Waals surface area contributed by atoms with Gasteiger partial charge in [-0.25, -0.2) is 0 Å². The van der Waals surface area contributed by atoms with Gasteiger partial charge in [-0.05, 0) is 12.1 Å². The van der Waals surface area contributed by atoms with Crippen molar-refractivity contribution in [2.45, 2.75) is 0 Å². The molecular formula is C20H15ClP+. The quantitative estimate of drug-likeness (QED) is 0.517. The third-order valence-electron chi connectivity index (χ3n) is 4.00. The summed E-state index contributed by atoms with van der Waals surface area (Å²) in [5.74, 6) is 0. The lowest BCUT2D eigenvalue weighted by atomic mass is 10.1. The van der Waals surface area contributed by atoms with Gasteiger partial charge >= 0.3 is 0 Å². The summed E-state index contributed by atoms with van der Waals surface area (Å²) in [6.07, 6.45) is 0. The van der Waals surface area contributed by atoms with Crippen LogP contribution in [0.15, 0.2) is 91.0 Å². The van der Waals surface area contributed by atoms with Crippen LogP contribution in [0.1, 0.15) is 11.1 Å². The first-order valence-corrected chi connectivity index (χ1v) is 10.0. The molecule has 0 unspecified atom stereocenters. The number of hydrogen-bond acceptors (Lipinski definition) is 0. The van der Waals surface area contributed by atoms with Crippen molar-refractivity contribution in [2.75, 3.05) is 0 Å². The fraction of sp³-hybridized carbons (Fsp3) is 0. The van der Waals surface area contributed by atoms with Gasteiger partial charge in [-0.1, -0.05) is 78.9 Å². The highest BCUT2D eigenvalue weighted by Gasteiger charge is 2.66. The molecular weight excluding hydrogens is 307 g/mol. The lowest BCUT2D eigenvalue weighted by molar-refractivity contribution is 1.65. The zero-order chi connectivity index (χ0) is 15.0. The molecule has 0 aromatic heterocycles. The smallest absolute Gasteiger partial charge is 0.0622 e. The summed E-state index contributed by atoms with van der Waals surface area (Å²) >= 11 is 7.21. The molecule has 0 fully saturated rings. The molecule has 0 amide bonds. The molecule has 4 rings (SSSR count). The zero-order valence-electron chi connectivity index (χ0n) is 12.0. The number of halogens is 1. The lowest BCUT2D eigenvalue weighted by Gasteiger charge is -2.03. The molecule has 2 heteroatoms. The highest BCUT2D eigenvalue weighted by atomic mass is 35.7. The standard InChI is InChI=1S/C20H15ClP/c21-22(18-14-8-3-9-15-18)19(16-10-4-1-5-11-16)20(22)17-12-6-2-7-13-17/h1-15H/q+1. The van der Waals surface area contributed by atoms with Crippen molar-refractivity contribution in [3.05, 3.63) is 102 Å². The highest BCUT2D eigenvalue weighted by molar-refractivity contribution is 8.26. The van der Waals surface area contributed by atoms with E-state index < -0.39 is 6.62 Å². The van der Waals surface area contributed by atoms with Crippen molar-refractivity contribution in [1.29, 1.82) is 0 Å². The van der Waals surface area contributed by atoms with E-state index in [1.54, 1.807) is 0 Å². The third kappa shape index (κ3) is 2.11. The van der Waals surface area contributed by atoms with E-state index in [2.05, 4.69) is 72.8 Å². The first-order chi connectivity index (χ1) is 10.8. The van der Waals surface area contributed by atoms with Gasteiger partial charge in [-0.2, -0.15) is 0 Å². The maximum atomic E-state index is 7.21. The van der Waals surface area contributed by atoms with Gasteiger partial charge in [-0.3, -0.25) is 0 Å². The van der Waals surface area contributed by atoms with E-state index in [1.165, 1.54) is 27.1 Å². The summed E-state index contributed by atoms with van der Waals surface area (Å²) in [6, 6.07) is 31.5. The van der Waals surface area contributed by atoms with Crippen molar-refractivity contribution >= 4 is 33.8 Å². The molecule has 0 saturated carbocycles. The van der Waals surface area contributed by atoms with E-state index >= 15 is 0 Å². The molecule has 1 aliphatic heterocycles. The van der Waals surface area contributed by atoms with Crippen molar-refractivity contribution in [1.82, 2.24) is 0 Å². The average Bonchev–Trinajstić information content (AvgIpc) is 3.24. The van der Waals surface area contributed by atoms with E-state index in [1.807, 2.05) is 18.2 Å². The van der Waals surface area contributed by atoms with Crippen LogP contribution < -0.4 is 5.30 Å². The molecule has 1 aliphatic rings. The van der Waals surface area contributed by atoms with Crippen molar-refractivity contribution in [2.24, 2.45) is 0 Å². The molecule has 22 heavy (non-hydrogen) atoms. The van der Waals surface area contributed by atoms with Crippen LogP contribution in [0.4, 0.5) is 0 Å². The van der Waals surface area contributed by atoms with E-state index in [9.17, 15) is 0 Å². The SMILES string of the molecule is Cl[P+]1(c2ccccc2)C(c2ccccc2)=C1c1ccccc1. The van der Waals surface area contributed by atoms with Crippen LogP contribution in [0, 0.1) is 0 Å². The monoisotopic (exact) mass is 321 g/mol. The van der Waals surface area contributed by atoms with Crippen LogP contribution in [-0.2, 0) is 0 Å². The first kappa shape index (κ1) is 13.8. The molecule has 1 heterocycles. The Morgan fingerprint density at radius 1 is 0.500 bits per heavy atom. The van der Waals surface area contributed by atoms with Crippen molar-refractivity contribution < 1.29 is 0 Å². The molecule has 106 valence electrons.